The third-order valence-electron chi connectivity index (χ3n) is 3.81. The minimum absolute atomic E-state index is 0.917. The van der Waals surface area contributed by atoms with Crippen LogP contribution in [0.1, 0.15) is 5.56 Å². The van der Waals surface area contributed by atoms with Gasteiger partial charge in [0.1, 0.15) is 11.3 Å². The lowest BCUT2D eigenvalue weighted by Crippen LogP contribution is -1.74. The molecule has 0 spiro atoms. The summed E-state index contributed by atoms with van der Waals surface area (Å²) in [6.45, 7) is 2.09. The molecule has 0 fully saturated rings. The molecule has 0 saturated heterocycles. The zero-order valence-electron chi connectivity index (χ0n) is 11.6. The van der Waals surface area contributed by atoms with Crippen LogP contribution >= 0.6 is 15.9 Å². The van der Waals surface area contributed by atoms with E-state index in [0.29, 0.717) is 0 Å². The summed E-state index contributed by atoms with van der Waals surface area (Å²) in [5.41, 5.74) is 3.30. The molecule has 21 heavy (non-hydrogen) atoms. The molecule has 1 nitrogen and oxygen atoms in total. The van der Waals surface area contributed by atoms with Gasteiger partial charge in [0.05, 0.1) is 0 Å². The van der Waals surface area contributed by atoms with E-state index in [1.54, 1.807) is 0 Å². The molecule has 102 valence electrons. The van der Waals surface area contributed by atoms with E-state index in [-0.39, 0.29) is 0 Å². The Morgan fingerprint density at radius 3 is 2.43 bits per heavy atom. The molecule has 3 aromatic carbocycles. The third-order valence-corrected chi connectivity index (χ3v) is 4.31. The Morgan fingerprint density at radius 2 is 1.62 bits per heavy atom. The molecule has 0 bridgehead atoms. The molecule has 0 radical (unpaired) electrons. The van der Waals surface area contributed by atoms with Crippen LogP contribution in [0.25, 0.3) is 33.1 Å². The lowest BCUT2D eigenvalue weighted by molar-refractivity contribution is 0.632. The topological polar surface area (TPSA) is 13.1 Å². The highest BCUT2D eigenvalue weighted by Crippen LogP contribution is 2.33. The SMILES string of the molecule is Cc1ccc(-c2cc3c(ccc4cc(Br)ccc43)o2)cc1. The maximum atomic E-state index is 6.02. The van der Waals surface area contributed by atoms with Crippen LogP contribution in [0, 0.1) is 6.92 Å². The number of halogens is 1. The van der Waals surface area contributed by atoms with E-state index in [1.165, 1.54) is 16.3 Å². The van der Waals surface area contributed by atoms with Crippen molar-refractivity contribution >= 4 is 37.7 Å². The Balaban J connectivity index is 1.97. The number of aryl methyl sites for hydroxylation is 1. The first-order valence-corrected chi connectivity index (χ1v) is 7.69. The summed E-state index contributed by atoms with van der Waals surface area (Å²) in [4.78, 5) is 0. The van der Waals surface area contributed by atoms with Gasteiger partial charge in [0.2, 0.25) is 0 Å². The van der Waals surface area contributed by atoms with Crippen LogP contribution in [-0.2, 0) is 0 Å². The number of fused-ring (bicyclic) bond motifs is 3. The van der Waals surface area contributed by atoms with Crippen molar-refractivity contribution < 1.29 is 4.42 Å². The second-order valence-corrected chi connectivity index (χ2v) is 6.24. The van der Waals surface area contributed by atoms with Crippen molar-refractivity contribution in [3.8, 4) is 11.3 Å². The zero-order valence-corrected chi connectivity index (χ0v) is 13.1. The monoisotopic (exact) mass is 336 g/mol. The summed E-state index contributed by atoms with van der Waals surface area (Å²) in [6, 6.07) is 21.0. The quantitative estimate of drug-likeness (QED) is 0.396. The maximum Gasteiger partial charge on any atom is 0.135 e. The number of rotatable bonds is 1. The highest BCUT2D eigenvalue weighted by atomic mass is 79.9. The molecule has 1 aromatic heterocycles. The summed E-state index contributed by atoms with van der Waals surface area (Å²) in [5, 5.41) is 3.60. The van der Waals surface area contributed by atoms with Gasteiger partial charge in [-0.15, -0.1) is 0 Å². The van der Waals surface area contributed by atoms with Crippen LogP contribution in [0.2, 0.25) is 0 Å². The van der Waals surface area contributed by atoms with E-state index in [1.807, 2.05) is 6.07 Å². The lowest BCUT2D eigenvalue weighted by Gasteiger charge is -1.99. The van der Waals surface area contributed by atoms with Gasteiger partial charge in [-0.25, -0.2) is 0 Å². The summed E-state index contributed by atoms with van der Waals surface area (Å²) in [5.74, 6) is 0.917. The standard InChI is InChI=1S/C19H13BrO/c1-12-2-4-13(5-3-12)19-11-17-16-8-7-15(20)10-14(16)6-9-18(17)21-19/h2-11H,1H3. The molecular formula is C19H13BrO. The lowest BCUT2D eigenvalue weighted by atomic mass is 10.1. The van der Waals surface area contributed by atoms with Gasteiger partial charge >= 0.3 is 0 Å². The average Bonchev–Trinajstić information content (AvgIpc) is 2.92. The molecule has 1 heterocycles. The van der Waals surface area contributed by atoms with Crippen molar-refractivity contribution in [2.24, 2.45) is 0 Å². The van der Waals surface area contributed by atoms with E-state index in [0.717, 1.165) is 26.8 Å². The fourth-order valence-electron chi connectivity index (χ4n) is 2.68. The van der Waals surface area contributed by atoms with Crippen LogP contribution in [-0.4, -0.2) is 0 Å². The highest BCUT2D eigenvalue weighted by molar-refractivity contribution is 9.10. The molecule has 4 aromatic rings. The van der Waals surface area contributed by atoms with E-state index < -0.39 is 0 Å². The molecule has 2 heteroatoms. The molecule has 0 atom stereocenters. The van der Waals surface area contributed by atoms with Gasteiger partial charge in [-0.05, 0) is 42.0 Å². The Labute approximate surface area is 131 Å². The first-order valence-electron chi connectivity index (χ1n) is 6.89. The number of benzene rings is 3. The maximum absolute atomic E-state index is 6.02. The fourth-order valence-corrected chi connectivity index (χ4v) is 3.06. The second-order valence-electron chi connectivity index (χ2n) is 5.32. The number of hydrogen-bond acceptors (Lipinski definition) is 1. The Hall–Kier alpha value is -2.06. The number of hydrogen-bond donors (Lipinski definition) is 0. The smallest absolute Gasteiger partial charge is 0.135 e. The Kier molecular flexibility index (Phi) is 2.86. The van der Waals surface area contributed by atoms with Crippen molar-refractivity contribution in [1.82, 2.24) is 0 Å². The summed E-state index contributed by atoms with van der Waals surface area (Å²) >= 11 is 3.52. The fraction of sp³-hybridized carbons (Fsp3) is 0.0526. The van der Waals surface area contributed by atoms with Gasteiger partial charge in [0.15, 0.2) is 0 Å². The average molecular weight is 337 g/mol. The van der Waals surface area contributed by atoms with E-state index >= 15 is 0 Å². The minimum atomic E-state index is 0.917. The van der Waals surface area contributed by atoms with E-state index in [4.69, 9.17) is 4.42 Å². The van der Waals surface area contributed by atoms with Gasteiger partial charge in [0.25, 0.3) is 0 Å². The predicted molar refractivity (Wildman–Crippen MR) is 91.6 cm³/mol. The largest absolute Gasteiger partial charge is 0.456 e. The minimum Gasteiger partial charge on any atom is -0.456 e. The Morgan fingerprint density at radius 1 is 0.810 bits per heavy atom. The molecule has 0 aliphatic heterocycles. The molecular weight excluding hydrogens is 324 g/mol. The van der Waals surface area contributed by atoms with Gasteiger partial charge in [0, 0.05) is 15.4 Å². The van der Waals surface area contributed by atoms with Gasteiger partial charge in [-0.3, -0.25) is 0 Å². The van der Waals surface area contributed by atoms with Crippen LogP contribution in [0.5, 0.6) is 0 Å². The second kappa shape index (κ2) is 4.74. The van der Waals surface area contributed by atoms with E-state index in [2.05, 4.69) is 77.5 Å². The van der Waals surface area contributed by atoms with E-state index in [9.17, 15) is 0 Å². The predicted octanol–water partition coefficient (Wildman–Crippen LogP) is 6.32. The van der Waals surface area contributed by atoms with Crippen molar-refractivity contribution in [1.29, 1.82) is 0 Å². The number of furan rings is 1. The van der Waals surface area contributed by atoms with Crippen LogP contribution in [0.15, 0.2) is 69.6 Å². The summed E-state index contributed by atoms with van der Waals surface area (Å²) in [6.07, 6.45) is 0. The van der Waals surface area contributed by atoms with Gasteiger partial charge in [-0.1, -0.05) is 57.9 Å². The Bertz CT molecular complexity index is 949. The van der Waals surface area contributed by atoms with Crippen molar-refractivity contribution in [2.45, 2.75) is 6.92 Å². The first-order chi connectivity index (χ1) is 10.2. The molecule has 4 rings (SSSR count). The molecule has 0 aliphatic carbocycles. The van der Waals surface area contributed by atoms with Crippen LogP contribution in [0.3, 0.4) is 0 Å². The van der Waals surface area contributed by atoms with Crippen LogP contribution in [0.4, 0.5) is 0 Å². The van der Waals surface area contributed by atoms with Crippen LogP contribution < -0.4 is 0 Å². The molecule has 0 aliphatic rings. The molecule has 0 N–H and O–H groups in total. The van der Waals surface area contributed by atoms with Crippen molar-refractivity contribution in [3.63, 3.8) is 0 Å². The zero-order chi connectivity index (χ0) is 14.4. The highest BCUT2D eigenvalue weighted by Gasteiger charge is 2.09. The first kappa shape index (κ1) is 12.7. The normalized spacial score (nSPS) is 11.3. The van der Waals surface area contributed by atoms with Gasteiger partial charge < -0.3 is 4.42 Å². The molecule has 0 amide bonds. The third kappa shape index (κ3) is 2.16. The van der Waals surface area contributed by atoms with Gasteiger partial charge in [-0.2, -0.15) is 0 Å². The summed E-state index contributed by atoms with van der Waals surface area (Å²) in [7, 11) is 0. The van der Waals surface area contributed by atoms with Crippen molar-refractivity contribution in [2.75, 3.05) is 0 Å². The molecule has 0 unspecified atom stereocenters. The summed E-state index contributed by atoms with van der Waals surface area (Å²) < 4.78 is 7.11. The molecule has 0 saturated carbocycles. The van der Waals surface area contributed by atoms with Crippen molar-refractivity contribution in [3.05, 3.63) is 70.7 Å².